The Morgan fingerprint density at radius 3 is 2.50 bits per heavy atom. The number of piperidine rings is 1. The van der Waals surface area contributed by atoms with Crippen LogP contribution in [0.15, 0.2) is 24.4 Å². The number of anilines is 1. The number of carboxylic acids is 1. The Morgan fingerprint density at radius 2 is 1.88 bits per heavy atom. The number of hydrogen-bond donors (Lipinski definition) is 2. The lowest BCUT2D eigenvalue weighted by molar-refractivity contribution is -0.160. The number of aromatic nitrogens is 3. The van der Waals surface area contributed by atoms with Gasteiger partial charge in [0, 0.05) is 49.1 Å². The number of nitrogens with zero attached hydrogens (tertiary/aromatic N) is 4. The van der Waals surface area contributed by atoms with E-state index in [9.17, 15) is 9.90 Å². The molecule has 1 saturated heterocycles. The normalized spacial score (nSPS) is 16.9. The number of hydrogen-bond acceptors (Lipinski definition) is 6. The molecule has 1 aliphatic rings. The van der Waals surface area contributed by atoms with Gasteiger partial charge in [0.25, 0.3) is 0 Å². The average Bonchev–Trinajstić information content (AvgIpc) is 2.55. The van der Waals surface area contributed by atoms with Crippen LogP contribution in [0.3, 0.4) is 0 Å². The second kappa shape index (κ2) is 6.16. The molecule has 0 radical (unpaired) electrons. The summed E-state index contributed by atoms with van der Waals surface area (Å²) in [6.45, 7) is 4.69. The van der Waals surface area contributed by atoms with Gasteiger partial charge in [0.2, 0.25) is 5.95 Å². The zero-order chi connectivity index (χ0) is 17.3. The molecule has 0 saturated carbocycles. The number of aryl methyl sites for hydroxylation is 2. The van der Waals surface area contributed by atoms with E-state index in [-0.39, 0.29) is 12.8 Å². The molecule has 0 atom stereocenters. The summed E-state index contributed by atoms with van der Waals surface area (Å²) >= 11 is 0. The van der Waals surface area contributed by atoms with E-state index in [1.54, 1.807) is 6.20 Å². The van der Waals surface area contributed by atoms with Crippen LogP contribution in [0.1, 0.15) is 24.2 Å². The van der Waals surface area contributed by atoms with Crippen LogP contribution < -0.4 is 4.90 Å². The molecule has 7 nitrogen and oxygen atoms in total. The fraction of sp³-hybridized carbons (Fsp3) is 0.412. The third-order valence-electron chi connectivity index (χ3n) is 4.42. The summed E-state index contributed by atoms with van der Waals surface area (Å²) in [6, 6.07) is 5.77. The summed E-state index contributed by atoms with van der Waals surface area (Å²) in [5, 5.41) is 19.1. The zero-order valence-corrected chi connectivity index (χ0v) is 13.7. The Morgan fingerprint density at radius 1 is 1.17 bits per heavy atom. The highest BCUT2D eigenvalue weighted by Crippen LogP contribution is 2.26. The van der Waals surface area contributed by atoms with E-state index >= 15 is 0 Å². The van der Waals surface area contributed by atoms with Crippen molar-refractivity contribution in [1.29, 1.82) is 0 Å². The first-order chi connectivity index (χ1) is 11.4. The van der Waals surface area contributed by atoms with Crippen molar-refractivity contribution >= 4 is 11.9 Å². The van der Waals surface area contributed by atoms with E-state index in [0.717, 1.165) is 22.6 Å². The number of carboxylic acid groups (broad SMARTS) is 1. The Hall–Kier alpha value is -2.54. The molecule has 0 unspecified atom stereocenters. The van der Waals surface area contributed by atoms with Crippen LogP contribution in [0.4, 0.5) is 5.95 Å². The van der Waals surface area contributed by atoms with Gasteiger partial charge in [-0.05, 0) is 32.0 Å². The fourth-order valence-corrected chi connectivity index (χ4v) is 2.90. The molecule has 3 rings (SSSR count). The summed E-state index contributed by atoms with van der Waals surface area (Å²) in [5.41, 5.74) is 1.94. The van der Waals surface area contributed by atoms with Crippen molar-refractivity contribution in [1.82, 2.24) is 15.0 Å². The van der Waals surface area contributed by atoms with Crippen LogP contribution in [0.5, 0.6) is 0 Å². The smallest absolute Gasteiger partial charge is 0.335 e. The van der Waals surface area contributed by atoms with Crippen LogP contribution >= 0.6 is 0 Å². The van der Waals surface area contributed by atoms with Crippen molar-refractivity contribution in [2.75, 3.05) is 18.0 Å². The van der Waals surface area contributed by atoms with Gasteiger partial charge >= 0.3 is 5.97 Å². The van der Waals surface area contributed by atoms with Gasteiger partial charge in [-0.15, -0.1) is 0 Å². The van der Waals surface area contributed by atoms with Crippen molar-refractivity contribution in [2.45, 2.75) is 32.3 Å². The van der Waals surface area contributed by atoms with E-state index in [4.69, 9.17) is 5.11 Å². The summed E-state index contributed by atoms with van der Waals surface area (Å²) in [5.74, 6) is -0.627. The van der Waals surface area contributed by atoms with Crippen molar-refractivity contribution < 1.29 is 15.0 Å². The van der Waals surface area contributed by atoms with E-state index in [1.165, 1.54) is 0 Å². The predicted octanol–water partition coefficient (Wildman–Crippen LogP) is 1.57. The highest BCUT2D eigenvalue weighted by molar-refractivity contribution is 5.77. The molecule has 126 valence electrons. The van der Waals surface area contributed by atoms with Crippen LogP contribution in [0, 0.1) is 13.8 Å². The molecule has 1 aliphatic heterocycles. The molecule has 2 N–H and O–H groups in total. The van der Waals surface area contributed by atoms with E-state index in [0.29, 0.717) is 19.0 Å². The molecule has 1 fully saturated rings. The monoisotopic (exact) mass is 328 g/mol. The number of carbonyl (C=O) groups is 1. The topological polar surface area (TPSA) is 99.4 Å². The van der Waals surface area contributed by atoms with E-state index < -0.39 is 11.6 Å². The molecule has 0 spiro atoms. The quantitative estimate of drug-likeness (QED) is 0.882. The second-order valence-corrected chi connectivity index (χ2v) is 6.15. The Kier molecular flexibility index (Phi) is 4.19. The molecule has 2 aromatic rings. The highest BCUT2D eigenvalue weighted by Gasteiger charge is 2.39. The average molecular weight is 328 g/mol. The summed E-state index contributed by atoms with van der Waals surface area (Å²) in [7, 11) is 0. The minimum absolute atomic E-state index is 0.154. The van der Waals surface area contributed by atoms with Crippen LogP contribution in [-0.2, 0) is 4.79 Å². The predicted molar refractivity (Wildman–Crippen MR) is 88.8 cm³/mol. The Balaban J connectivity index is 1.83. The summed E-state index contributed by atoms with van der Waals surface area (Å²) in [6.07, 6.45) is 2.00. The summed E-state index contributed by atoms with van der Waals surface area (Å²) < 4.78 is 0. The lowest BCUT2D eigenvalue weighted by Gasteiger charge is -2.35. The molecule has 2 aromatic heterocycles. The minimum atomic E-state index is -1.65. The SMILES string of the molecule is Cc1ccc(-c2ccnc(N3CCC(O)(C(=O)O)CC3)n2)c(C)n1. The van der Waals surface area contributed by atoms with Gasteiger partial charge in [-0.25, -0.2) is 14.8 Å². The molecular weight excluding hydrogens is 308 g/mol. The molecular formula is C17H20N4O3. The lowest BCUT2D eigenvalue weighted by Crippen LogP contribution is -2.49. The van der Waals surface area contributed by atoms with E-state index in [1.807, 2.05) is 36.9 Å². The fourth-order valence-electron chi connectivity index (χ4n) is 2.90. The van der Waals surface area contributed by atoms with Crippen LogP contribution in [0.25, 0.3) is 11.3 Å². The molecule has 0 amide bonds. The number of aliphatic hydroxyl groups is 1. The van der Waals surface area contributed by atoms with Crippen molar-refractivity contribution in [3.8, 4) is 11.3 Å². The van der Waals surface area contributed by atoms with Gasteiger partial charge in [0.15, 0.2) is 5.60 Å². The minimum Gasteiger partial charge on any atom is -0.479 e. The standard InChI is InChI=1S/C17H20N4O3/c1-11-3-4-13(12(2)19-11)14-5-8-18-16(20-14)21-9-6-17(24,7-10-21)15(22)23/h3-5,8,24H,6-7,9-10H2,1-2H3,(H,22,23). The third-order valence-corrected chi connectivity index (χ3v) is 4.42. The largest absolute Gasteiger partial charge is 0.479 e. The van der Waals surface area contributed by atoms with Crippen LogP contribution in [0.2, 0.25) is 0 Å². The van der Waals surface area contributed by atoms with Crippen molar-refractivity contribution in [2.24, 2.45) is 0 Å². The Bertz CT molecular complexity index is 770. The summed E-state index contributed by atoms with van der Waals surface area (Å²) in [4.78, 5) is 26.4. The number of pyridine rings is 1. The van der Waals surface area contributed by atoms with Gasteiger partial charge < -0.3 is 15.1 Å². The molecule has 0 bridgehead atoms. The van der Waals surface area contributed by atoms with E-state index in [2.05, 4.69) is 15.0 Å². The first-order valence-electron chi connectivity index (χ1n) is 7.87. The van der Waals surface area contributed by atoms with Gasteiger partial charge in [0.1, 0.15) is 0 Å². The maximum Gasteiger partial charge on any atom is 0.335 e. The van der Waals surface area contributed by atoms with Crippen molar-refractivity contribution in [3.63, 3.8) is 0 Å². The first-order valence-corrected chi connectivity index (χ1v) is 7.87. The lowest BCUT2D eigenvalue weighted by atomic mass is 9.92. The molecule has 0 aliphatic carbocycles. The van der Waals surface area contributed by atoms with Gasteiger partial charge in [-0.1, -0.05) is 0 Å². The van der Waals surface area contributed by atoms with Crippen LogP contribution in [-0.4, -0.2) is 49.8 Å². The second-order valence-electron chi connectivity index (χ2n) is 6.15. The zero-order valence-electron chi connectivity index (χ0n) is 13.7. The number of rotatable bonds is 3. The van der Waals surface area contributed by atoms with Gasteiger partial charge in [0.05, 0.1) is 5.69 Å². The maximum atomic E-state index is 11.1. The highest BCUT2D eigenvalue weighted by atomic mass is 16.4. The number of aliphatic carboxylic acids is 1. The van der Waals surface area contributed by atoms with Gasteiger partial charge in [-0.3, -0.25) is 4.98 Å². The molecule has 0 aromatic carbocycles. The molecule has 24 heavy (non-hydrogen) atoms. The van der Waals surface area contributed by atoms with Crippen molar-refractivity contribution in [3.05, 3.63) is 35.8 Å². The van der Waals surface area contributed by atoms with Gasteiger partial charge in [-0.2, -0.15) is 0 Å². The first kappa shape index (κ1) is 16.3. The Labute approximate surface area is 140 Å². The molecule has 7 heteroatoms. The third kappa shape index (κ3) is 3.07. The molecule has 3 heterocycles. The maximum absolute atomic E-state index is 11.1.